The number of aryl methyl sites for hydroxylation is 1. The predicted octanol–water partition coefficient (Wildman–Crippen LogP) is 5.82. The molecular weight excluding hydrogens is 549 g/mol. The van der Waals surface area contributed by atoms with Crippen LogP contribution in [0.1, 0.15) is 58.9 Å². The Hall–Kier alpha value is -3.57. The highest BCUT2D eigenvalue weighted by atomic mass is 32.2. The molecule has 3 aromatic rings. The molecule has 0 bridgehead atoms. The normalized spacial score (nSPS) is 15.0. The highest BCUT2D eigenvalue weighted by Gasteiger charge is 2.26. The van der Waals surface area contributed by atoms with E-state index in [1.54, 1.807) is 25.1 Å². The van der Waals surface area contributed by atoms with Crippen molar-refractivity contribution in [3.8, 4) is 22.9 Å². The summed E-state index contributed by atoms with van der Waals surface area (Å²) in [5.41, 5.74) is 1.18. The third kappa shape index (κ3) is 8.46. The van der Waals surface area contributed by atoms with Crippen molar-refractivity contribution in [2.24, 2.45) is 11.8 Å². The molecule has 2 aromatic heterocycles. The molecule has 41 heavy (non-hydrogen) atoms. The Balaban J connectivity index is 0.00000323. The first-order valence-corrected chi connectivity index (χ1v) is 15.2. The number of aromatic nitrogens is 2. The Labute approximate surface area is 243 Å². The Morgan fingerprint density at radius 1 is 1.12 bits per heavy atom. The van der Waals surface area contributed by atoms with Gasteiger partial charge in [-0.15, -0.1) is 0 Å². The molecule has 1 atom stereocenters. The van der Waals surface area contributed by atoms with Gasteiger partial charge in [0.1, 0.15) is 17.1 Å². The number of amides is 1. The molecule has 0 spiro atoms. The van der Waals surface area contributed by atoms with E-state index in [1.807, 2.05) is 20.8 Å². The molecule has 3 heterocycles. The quantitative estimate of drug-likeness (QED) is 0.297. The van der Waals surface area contributed by atoms with Crippen LogP contribution >= 0.6 is 0 Å². The standard InChI is InChI=1S/C30H36FN3O6S.2H2/c1-19(2)18-39-25-16-23(15-24(31)17-25)27-9-8-26(29(35)34-41(36,37)28-7-5-6-20(3)32-28)30(33-27)40-21(4)14-22-10-12-38-13-11-22;;/h5-9,15-17,19,21-22H,10-14,18H2,1-4H3,(H,34,35);2*1H. The van der Waals surface area contributed by atoms with Gasteiger partial charge < -0.3 is 14.2 Å². The monoisotopic (exact) mass is 589 g/mol. The van der Waals surface area contributed by atoms with Crippen molar-refractivity contribution >= 4 is 15.9 Å². The number of ether oxygens (including phenoxy) is 3. The lowest BCUT2D eigenvalue weighted by atomic mass is 9.94. The topological polar surface area (TPSA) is 117 Å². The average molecular weight is 590 g/mol. The molecule has 1 aliphatic heterocycles. The van der Waals surface area contributed by atoms with E-state index in [-0.39, 0.29) is 31.3 Å². The van der Waals surface area contributed by atoms with Crippen LogP contribution in [0.15, 0.2) is 53.6 Å². The van der Waals surface area contributed by atoms with Gasteiger partial charge in [0, 0.05) is 33.4 Å². The SMILES string of the molecule is Cc1cccc(S(=O)(=O)NC(=O)c2ccc(-c3cc(F)cc(OCC(C)C)c3)nc2OC(C)CC2CCOCC2)n1.[HH].[HH]. The Bertz CT molecular complexity index is 1490. The van der Waals surface area contributed by atoms with E-state index in [4.69, 9.17) is 14.2 Å². The molecule has 1 fully saturated rings. The van der Waals surface area contributed by atoms with E-state index in [0.29, 0.717) is 54.9 Å². The molecule has 1 saturated heterocycles. The van der Waals surface area contributed by atoms with E-state index >= 15 is 0 Å². The zero-order valence-electron chi connectivity index (χ0n) is 23.7. The van der Waals surface area contributed by atoms with Crippen molar-refractivity contribution in [2.45, 2.75) is 58.1 Å². The number of carbonyl (C=O) groups excluding carboxylic acids is 1. The summed E-state index contributed by atoms with van der Waals surface area (Å²) in [5, 5.41) is -0.278. The smallest absolute Gasteiger partial charge is 0.281 e. The van der Waals surface area contributed by atoms with Gasteiger partial charge in [0.25, 0.3) is 15.9 Å². The van der Waals surface area contributed by atoms with Gasteiger partial charge in [-0.3, -0.25) is 4.79 Å². The molecule has 0 aliphatic carbocycles. The highest BCUT2D eigenvalue weighted by Crippen LogP contribution is 2.30. The van der Waals surface area contributed by atoms with Crippen LogP contribution in [0.4, 0.5) is 4.39 Å². The van der Waals surface area contributed by atoms with Crippen LogP contribution in [0.3, 0.4) is 0 Å². The number of rotatable bonds is 11. The van der Waals surface area contributed by atoms with Gasteiger partial charge in [-0.1, -0.05) is 19.9 Å². The van der Waals surface area contributed by atoms with Gasteiger partial charge in [-0.25, -0.2) is 19.1 Å². The summed E-state index contributed by atoms with van der Waals surface area (Å²) >= 11 is 0. The van der Waals surface area contributed by atoms with E-state index in [0.717, 1.165) is 12.8 Å². The van der Waals surface area contributed by atoms with Crippen LogP contribution in [0.2, 0.25) is 0 Å². The van der Waals surface area contributed by atoms with Crippen LogP contribution in [0, 0.1) is 24.6 Å². The molecule has 1 amide bonds. The second-order valence-electron chi connectivity index (χ2n) is 10.7. The first-order valence-electron chi connectivity index (χ1n) is 13.7. The maximum absolute atomic E-state index is 14.5. The number of carbonyl (C=O) groups is 1. The number of hydrogen-bond acceptors (Lipinski definition) is 8. The number of nitrogens with zero attached hydrogens (tertiary/aromatic N) is 2. The molecule has 0 saturated carbocycles. The summed E-state index contributed by atoms with van der Waals surface area (Å²) < 4.78 is 59.7. The third-order valence-electron chi connectivity index (χ3n) is 6.54. The van der Waals surface area contributed by atoms with E-state index in [2.05, 4.69) is 14.7 Å². The minimum atomic E-state index is -4.26. The average Bonchev–Trinajstić information content (AvgIpc) is 2.92. The molecule has 1 aliphatic rings. The fourth-order valence-electron chi connectivity index (χ4n) is 4.51. The summed E-state index contributed by atoms with van der Waals surface area (Å²) in [6.45, 7) is 9.30. The van der Waals surface area contributed by atoms with Gasteiger partial charge in [0.2, 0.25) is 5.88 Å². The van der Waals surface area contributed by atoms with Crippen LogP contribution in [-0.4, -0.2) is 50.2 Å². The van der Waals surface area contributed by atoms with Gasteiger partial charge in [0.15, 0.2) is 5.03 Å². The molecule has 11 heteroatoms. The molecule has 1 aromatic carbocycles. The zero-order chi connectivity index (χ0) is 29.6. The fraction of sp³-hybridized carbons (Fsp3) is 0.433. The Morgan fingerprint density at radius 2 is 1.88 bits per heavy atom. The summed E-state index contributed by atoms with van der Waals surface area (Å²) in [6.07, 6.45) is 2.17. The highest BCUT2D eigenvalue weighted by molar-refractivity contribution is 7.90. The minimum absolute atomic E-state index is 0. The lowest BCUT2D eigenvalue weighted by molar-refractivity contribution is 0.0500. The number of benzene rings is 1. The van der Waals surface area contributed by atoms with Crippen LogP contribution in [0.25, 0.3) is 11.3 Å². The van der Waals surface area contributed by atoms with Crippen LogP contribution in [0.5, 0.6) is 11.6 Å². The van der Waals surface area contributed by atoms with Crippen LogP contribution < -0.4 is 14.2 Å². The number of halogens is 1. The molecule has 0 radical (unpaired) electrons. The van der Waals surface area contributed by atoms with Crippen molar-refractivity contribution in [3.63, 3.8) is 0 Å². The number of hydrogen-bond donors (Lipinski definition) is 1. The predicted molar refractivity (Wildman–Crippen MR) is 156 cm³/mol. The maximum atomic E-state index is 14.5. The van der Waals surface area contributed by atoms with Crippen molar-refractivity contribution in [1.29, 1.82) is 0 Å². The van der Waals surface area contributed by atoms with Gasteiger partial charge >= 0.3 is 0 Å². The summed E-state index contributed by atoms with van der Waals surface area (Å²) in [7, 11) is -4.26. The second-order valence-corrected chi connectivity index (χ2v) is 12.3. The van der Waals surface area contributed by atoms with E-state index in [1.165, 1.54) is 30.3 Å². The number of sulfonamides is 1. The number of pyridine rings is 2. The van der Waals surface area contributed by atoms with Crippen LogP contribution in [-0.2, 0) is 14.8 Å². The van der Waals surface area contributed by atoms with Crippen molar-refractivity contribution in [1.82, 2.24) is 14.7 Å². The minimum Gasteiger partial charge on any atom is -0.493 e. The van der Waals surface area contributed by atoms with Crippen molar-refractivity contribution in [2.75, 3.05) is 19.8 Å². The Morgan fingerprint density at radius 3 is 2.59 bits per heavy atom. The number of nitrogens with one attached hydrogen (secondary N) is 1. The lowest BCUT2D eigenvalue weighted by Gasteiger charge is -2.25. The first-order chi connectivity index (χ1) is 19.5. The molecule has 4 rings (SSSR count). The second kappa shape index (κ2) is 13.4. The van der Waals surface area contributed by atoms with Gasteiger partial charge in [-0.05, 0) is 81.3 Å². The largest absolute Gasteiger partial charge is 0.493 e. The summed E-state index contributed by atoms with van der Waals surface area (Å²) in [4.78, 5) is 21.8. The van der Waals surface area contributed by atoms with Crippen molar-refractivity contribution < 1.29 is 34.7 Å². The van der Waals surface area contributed by atoms with E-state index in [9.17, 15) is 17.6 Å². The molecule has 1 unspecified atom stereocenters. The zero-order valence-corrected chi connectivity index (χ0v) is 24.5. The molecule has 1 N–H and O–H groups in total. The van der Waals surface area contributed by atoms with Gasteiger partial charge in [0.05, 0.1) is 18.4 Å². The first kappa shape index (κ1) is 30.4. The van der Waals surface area contributed by atoms with Crippen molar-refractivity contribution in [3.05, 3.63) is 65.6 Å². The summed E-state index contributed by atoms with van der Waals surface area (Å²) in [6, 6.07) is 11.7. The maximum Gasteiger partial charge on any atom is 0.281 e. The van der Waals surface area contributed by atoms with Gasteiger partial charge in [-0.2, -0.15) is 8.42 Å². The third-order valence-corrected chi connectivity index (χ3v) is 7.77. The molecule has 9 nitrogen and oxygen atoms in total. The lowest BCUT2D eigenvalue weighted by Crippen LogP contribution is -2.32. The fourth-order valence-corrected chi connectivity index (χ4v) is 5.49. The van der Waals surface area contributed by atoms with E-state index < -0.39 is 21.7 Å². The molecule has 224 valence electrons. The summed E-state index contributed by atoms with van der Waals surface area (Å²) in [5.74, 6) is -0.486. The Kier molecular flexibility index (Phi) is 9.93. The molecular formula is C30H40FN3O6S.